The molecule has 1 atom stereocenters. The van der Waals surface area contributed by atoms with Gasteiger partial charge in [0.25, 0.3) is 0 Å². The highest BCUT2D eigenvalue weighted by Gasteiger charge is 2.48. The van der Waals surface area contributed by atoms with Gasteiger partial charge in [0.2, 0.25) is 10.0 Å². The summed E-state index contributed by atoms with van der Waals surface area (Å²) in [5.41, 5.74) is -1.60. The van der Waals surface area contributed by atoms with Gasteiger partial charge >= 0.3 is 5.97 Å². The summed E-state index contributed by atoms with van der Waals surface area (Å²) in [5, 5.41) is 9.78. The number of halogens is 1. The fraction of sp³-hybridized carbons (Fsp3) is 0.526. The van der Waals surface area contributed by atoms with E-state index < -0.39 is 27.4 Å². The Balaban J connectivity index is 3.30. The minimum atomic E-state index is -4.05. The molecule has 0 spiro atoms. The molecule has 0 aliphatic heterocycles. The average Bonchev–Trinajstić information content (AvgIpc) is 2.62. The summed E-state index contributed by atoms with van der Waals surface area (Å²) >= 11 is 5.74. The molecule has 0 aliphatic carbocycles. The van der Waals surface area contributed by atoms with E-state index in [9.17, 15) is 18.3 Å². The molecule has 0 fully saturated rings. The van der Waals surface area contributed by atoms with Gasteiger partial charge in [0.1, 0.15) is 17.9 Å². The van der Waals surface area contributed by atoms with Crippen molar-refractivity contribution in [1.82, 2.24) is 4.31 Å². The number of rotatable bonds is 10. The number of ether oxygens (including phenoxy) is 1. The first-order valence-corrected chi connectivity index (χ1v) is 10.5. The molecule has 0 aromatic heterocycles. The Morgan fingerprint density at radius 1 is 1.33 bits per heavy atom. The van der Waals surface area contributed by atoms with Crippen LogP contribution in [0.5, 0.6) is 5.75 Å². The molecule has 0 saturated heterocycles. The van der Waals surface area contributed by atoms with Crippen LogP contribution in [0.3, 0.4) is 0 Å². The van der Waals surface area contributed by atoms with E-state index in [4.69, 9.17) is 16.3 Å². The largest absolute Gasteiger partial charge is 0.481 e. The van der Waals surface area contributed by atoms with Crippen molar-refractivity contribution in [3.8, 4) is 17.6 Å². The number of alkyl halides is 1. The minimum absolute atomic E-state index is 0.000812. The molecule has 1 rings (SSSR count). The third-order valence-electron chi connectivity index (χ3n) is 4.47. The van der Waals surface area contributed by atoms with Gasteiger partial charge in [-0.15, -0.1) is 17.5 Å². The minimum Gasteiger partial charge on any atom is -0.481 e. The standard InChI is InChI=1S/C19H26ClNO5S/c1-5-6-14-26-16-8-10-17(11-9-16)27(24,25)21(13-7-12-20)19(4,15(2)3)18(22)23/h8-11,15H,7,12-14H2,1-4H3,(H,22,23). The van der Waals surface area contributed by atoms with Crippen molar-refractivity contribution in [2.24, 2.45) is 5.92 Å². The molecule has 1 aromatic carbocycles. The Morgan fingerprint density at radius 2 is 1.93 bits per heavy atom. The lowest BCUT2D eigenvalue weighted by atomic mass is 9.88. The first-order chi connectivity index (χ1) is 12.6. The van der Waals surface area contributed by atoms with E-state index in [0.29, 0.717) is 12.2 Å². The summed E-state index contributed by atoms with van der Waals surface area (Å²) in [5.74, 6) is 4.51. The highest BCUT2D eigenvalue weighted by molar-refractivity contribution is 7.89. The first kappa shape index (κ1) is 23.3. The predicted octanol–water partition coefficient (Wildman–Crippen LogP) is 3.21. The van der Waals surface area contributed by atoms with E-state index in [2.05, 4.69) is 11.8 Å². The van der Waals surface area contributed by atoms with E-state index in [1.807, 2.05) is 0 Å². The van der Waals surface area contributed by atoms with Crippen molar-refractivity contribution >= 4 is 27.6 Å². The Labute approximate surface area is 166 Å². The van der Waals surface area contributed by atoms with Crippen LogP contribution in [0.25, 0.3) is 0 Å². The molecule has 6 nitrogen and oxygen atoms in total. The topological polar surface area (TPSA) is 83.9 Å². The second-order valence-electron chi connectivity index (χ2n) is 6.41. The van der Waals surface area contributed by atoms with E-state index in [0.717, 1.165) is 4.31 Å². The molecule has 0 bridgehead atoms. The van der Waals surface area contributed by atoms with Crippen LogP contribution in [0.15, 0.2) is 29.2 Å². The van der Waals surface area contributed by atoms with E-state index >= 15 is 0 Å². The average molecular weight is 416 g/mol. The summed E-state index contributed by atoms with van der Waals surface area (Å²) in [7, 11) is -4.05. The van der Waals surface area contributed by atoms with Crippen LogP contribution in [0.2, 0.25) is 0 Å². The summed E-state index contributed by atoms with van der Waals surface area (Å²) in [6.07, 6.45) is 0.341. The molecular formula is C19H26ClNO5S. The van der Waals surface area contributed by atoms with Gasteiger partial charge in [0, 0.05) is 12.4 Å². The predicted molar refractivity (Wildman–Crippen MR) is 105 cm³/mol. The van der Waals surface area contributed by atoms with Crippen molar-refractivity contribution in [2.45, 2.75) is 44.6 Å². The number of benzene rings is 1. The van der Waals surface area contributed by atoms with Crippen molar-refractivity contribution < 1.29 is 23.1 Å². The lowest BCUT2D eigenvalue weighted by Gasteiger charge is -2.39. The number of carboxylic acids is 1. The summed E-state index contributed by atoms with van der Waals surface area (Å²) in [6.45, 7) is 6.70. The van der Waals surface area contributed by atoms with Crippen LogP contribution in [-0.4, -0.2) is 48.4 Å². The Hall–Kier alpha value is -1.75. The van der Waals surface area contributed by atoms with Gasteiger partial charge in [-0.3, -0.25) is 4.79 Å². The molecule has 0 amide bonds. The number of hydrogen-bond acceptors (Lipinski definition) is 4. The van der Waals surface area contributed by atoms with Gasteiger partial charge in [0.15, 0.2) is 0 Å². The van der Waals surface area contributed by atoms with Crippen LogP contribution in [0.4, 0.5) is 0 Å². The van der Waals surface area contributed by atoms with Gasteiger partial charge in [-0.25, -0.2) is 8.42 Å². The number of hydrogen-bond donors (Lipinski definition) is 1. The normalized spacial score (nSPS) is 13.7. The second kappa shape index (κ2) is 9.98. The lowest BCUT2D eigenvalue weighted by Crippen LogP contribution is -2.58. The smallest absolute Gasteiger partial charge is 0.325 e. The monoisotopic (exact) mass is 415 g/mol. The molecular weight excluding hydrogens is 390 g/mol. The molecule has 8 heteroatoms. The molecule has 1 aromatic rings. The zero-order valence-corrected chi connectivity index (χ0v) is 17.6. The Morgan fingerprint density at radius 3 is 2.37 bits per heavy atom. The third-order valence-corrected chi connectivity index (χ3v) is 6.75. The van der Waals surface area contributed by atoms with Gasteiger partial charge in [-0.05, 0) is 50.5 Å². The Kier molecular flexibility index (Phi) is 8.60. The highest BCUT2D eigenvalue weighted by Crippen LogP contribution is 2.32. The molecule has 0 radical (unpaired) electrons. The summed E-state index contributed by atoms with van der Waals surface area (Å²) in [6, 6.07) is 5.86. The fourth-order valence-corrected chi connectivity index (χ4v) is 4.49. The van der Waals surface area contributed by atoms with E-state index in [1.165, 1.54) is 31.2 Å². The van der Waals surface area contributed by atoms with Crippen molar-refractivity contribution in [3.05, 3.63) is 24.3 Å². The van der Waals surface area contributed by atoms with E-state index in [1.54, 1.807) is 20.8 Å². The molecule has 1 N–H and O–H groups in total. The highest BCUT2D eigenvalue weighted by atomic mass is 35.5. The van der Waals surface area contributed by atoms with Crippen molar-refractivity contribution in [2.75, 3.05) is 19.0 Å². The van der Waals surface area contributed by atoms with Crippen LogP contribution < -0.4 is 4.74 Å². The maximum Gasteiger partial charge on any atom is 0.325 e. The molecule has 0 saturated carbocycles. The number of carbonyl (C=O) groups is 1. The summed E-state index contributed by atoms with van der Waals surface area (Å²) in [4.78, 5) is 12.0. The number of aliphatic carboxylic acids is 1. The first-order valence-electron chi connectivity index (χ1n) is 8.57. The Bertz CT molecular complexity index is 796. The van der Waals surface area contributed by atoms with Crippen LogP contribution in [0, 0.1) is 17.8 Å². The van der Waals surface area contributed by atoms with Gasteiger partial charge in [0.05, 0.1) is 4.90 Å². The zero-order valence-electron chi connectivity index (χ0n) is 16.0. The molecule has 0 heterocycles. The molecule has 0 aliphatic rings. The van der Waals surface area contributed by atoms with Gasteiger partial charge in [-0.2, -0.15) is 4.31 Å². The number of nitrogens with zero attached hydrogens (tertiary/aromatic N) is 1. The molecule has 150 valence electrons. The maximum atomic E-state index is 13.2. The van der Waals surface area contributed by atoms with Crippen molar-refractivity contribution in [1.29, 1.82) is 0 Å². The van der Waals surface area contributed by atoms with Crippen LogP contribution >= 0.6 is 11.6 Å². The van der Waals surface area contributed by atoms with Crippen LogP contribution in [-0.2, 0) is 14.8 Å². The maximum absolute atomic E-state index is 13.2. The zero-order chi connectivity index (χ0) is 20.7. The van der Waals surface area contributed by atoms with Crippen LogP contribution in [0.1, 0.15) is 34.1 Å². The second-order valence-corrected chi connectivity index (χ2v) is 8.65. The molecule has 1 unspecified atom stereocenters. The summed E-state index contributed by atoms with van der Waals surface area (Å²) < 4.78 is 32.9. The fourth-order valence-electron chi connectivity index (χ4n) is 2.47. The molecule has 27 heavy (non-hydrogen) atoms. The third kappa shape index (κ3) is 5.38. The lowest BCUT2D eigenvalue weighted by molar-refractivity contribution is -0.150. The quantitative estimate of drug-likeness (QED) is 0.468. The SMILES string of the molecule is CC#CCOc1ccc(S(=O)(=O)N(CCCCl)C(C)(C(=O)O)C(C)C)cc1. The van der Waals surface area contributed by atoms with Gasteiger partial charge in [-0.1, -0.05) is 19.8 Å². The number of carboxylic acid groups (broad SMARTS) is 1. The number of sulfonamides is 1. The van der Waals surface area contributed by atoms with Crippen molar-refractivity contribution in [3.63, 3.8) is 0 Å². The van der Waals surface area contributed by atoms with E-state index in [-0.39, 0.29) is 23.9 Å². The van der Waals surface area contributed by atoms with Gasteiger partial charge < -0.3 is 9.84 Å².